The zero-order valence-electron chi connectivity index (χ0n) is 14.3. The van der Waals surface area contributed by atoms with Gasteiger partial charge in [0.1, 0.15) is 5.69 Å². The molecule has 8 heteroatoms. The maximum Gasteiger partial charge on any atom is 0.319 e. The number of halogens is 1. The molecule has 3 aromatic rings. The first-order valence-electron chi connectivity index (χ1n) is 7.86. The van der Waals surface area contributed by atoms with Gasteiger partial charge >= 0.3 is 6.01 Å². The summed E-state index contributed by atoms with van der Waals surface area (Å²) >= 11 is 3.37. The monoisotopic (exact) mass is 416 g/mol. The Bertz CT molecular complexity index is 878. The fourth-order valence-electron chi connectivity index (χ4n) is 2.30. The van der Waals surface area contributed by atoms with Crippen molar-refractivity contribution in [3.63, 3.8) is 0 Å². The Hall–Kier alpha value is -2.74. The van der Waals surface area contributed by atoms with E-state index in [-0.39, 0.29) is 6.01 Å². The highest BCUT2D eigenvalue weighted by atomic mass is 79.9. The predicted molar refractivity (Wildman–Crippen MR) is 99.5 cm³/mol. The average molecular weight is 417 g/mol. The second-order valence-corrected chi connectivity index (χ2v) is 6.00. The average Bonchev–Trinajstić information content (AvgIpc) is 2.69. The van der Waals surface area contributed by atoms with Crippen LogP contribution in [0.5, 0.6) is 17.6 Å². The molecular weight excluding hydrogens is 400 g/mol. The number of hydrogen-bond donors (Lipinski definition) is 0. The number of benzene rings is 1. The Labute approximate surface area is 159 Å². The van der Waals surface area contributed by atoms with Crippen molar-refractivity contribution in [2.45, 2.75) is 6.42 Å². The first kappa shape index (κ1) is 18.1. The molecule has 0 aliphatic rings. The van der Waals surface area contributed by atoms with Crippen LogP contribution in [0.4, 0.5) is 0 Å². The van der Waals surface area contributed by atoms with Crippen LogP contribution in [-0.2, 0) is 6.42 Å². The summed E-state index contributed by atoms with van der Waals surface area (Å²) in [5, 5.41) is 8.26. The lowest BCUT2D eigenvalue weighted by atomic mass is 10.2. The zero-order valence-corrected chi connectivity index (χ0v) is 15.9. The lowest BCUT2D eigenvalue weighted by Gasteiger charge is -2.10. The van der Waals surface area contributed by atoms with Gasteiger partial charge in [-0.1, -0.05) is 30.3 Å². The Morgan fingerprint density at radius 2 is 1.85 bits per heavy atom. The van der Waals surface area contributed by atoms with E-state index >= 15 is 0 Å². The van der Waals surface area contributed by atoms with Crippen molar-refractivity contribution in [3.05, 3.63) is 52.8 Å². The molecule has 2 heterocycles. The highest BCUT2D eigenvalue weighted by molar-refractivity contribution is 9.10. The second kappa shape index (κ2) is 8.57. The molecule has 0 amide bonds. The lowest BCUT2D eigenvalue weighted by molar-refractivity contribution is 0.317. The summed E-state index contributed by atoms with van der Waals surface area (Å²) in [6.07, 6.45) is 2.37. The molecule has 0 spiro atoms. The topological polar surface area (TPSA) is 79.2 Å². The van der Waals surface area contributed by atoms with E-state index in [1.54, 1.807) is 12.3 Å². The van der Waals surface area contributed by atoms with E-state index in [1.807, 2.05) is 18.2 Å². The molecule has 0 aliphatic heterocycles. The summed E-state index contributed by atoms with van der Waals surface area (Å²) in [4.78, 5) is 8.27. The quantitative estimate of drug-likeness (QED) is 0.584. The molecule has 3 rings (SSSR count). The summed E-state index contributed by atoms with van der Waals surface area (Å²) in [6.45, 7) is 0.518. The van der Waals surface area contributed by atoms with Crippen LogP contribution in [-0.4, -0.2) is 41.0 Å². The van der Waals surface area contributed by atoms with E-state index in [4.69, 9.17) is 14.2 Å². The van der Waals surface area contributed by atoms with E-state index in [0.29, 0.717) is 34.1 Å². The maximum atomic E-state index is 5.87. The summed E-state index contributed by atoms with van der Waals surface area (Å²) < 4.78 is 16.7. The molecule has 2 aromatic heterocycles. The number of hydrogen-bond acceptors (Lipinski definition) is 7. The molecule has 0 radical (unpaired) electrons. The standard InChI is InChI=1S/C18H17BrN4O3/c1-24-17-13(11-20-18(21-17)25-2)14-10-15(16(19)23-22-14)26-9-8-12-6-4-3-5-7-12/h3-7,10-11H,8-9H2,1-2H3. The van der Waals surface area contributed by atoms with Crippen molar-refractivity contribution in [1.82, 2.24) is 20.2 Å². The minimum Gasteiger partial charge on any atom is -0.490 e. The summed E-state index contributed by atoms with van der Waals surface area (Å²) in [5.74, 6) is 0.938. The number of nitrogens with zero attached hydrogens (tertiary/aromatic N) is 4. The molecular formula is C18H17BrN4O3. The van der Waals surface area contributed by atoms with Crippen LogP contribution in [0, 0.1) is 0 Å². The van der Waals surface area contributed by atoms with E-state index in [1.165, 1.54) is 19.8 Å². The number of aromatic nitrogens is 4. The first-order chi connectivity index (χ1) is 12.7. The lowest BCUT2D eigenvalue weighted by Crippen LogP contribution is -2.04. The third-order valence-corrected chi connectivity index (χ3v) is 4.14. The summed E-state index contributed by atoms with van der Waals surface area (Å²) in [7, 11) is 3.02. The van der Waals surface area contributed by atoms with Gasteiger partial charge in [-0.05, 0) is 21.5 Å². The summed E-state index contributed by atoms with van der Waals surface area (Å²) in [6, 6.07) is 12.1. The molecule has 0 fully saturated rings. The smallest absolute Gasteiger partial charge is 0.319 e. The predicted octanol–water partition coefficient (Wildman–Crippen LogP) is 3.33. The number of ether oxygens (including phenoxy) is 3. The van der Waals surface area contributed by atoms with Crippen LogP contribution < -0.4 is 14.2 Å². The van der Waals surface area contributed by atoms with Crippen LogP contribution in [0.1, 0.15) is 5.56 Å². The highest BCUT2D eigenvalue weighted by Crippen LogP contribution is 2.31. The largest absolute Gasteiger partial charge is 0.490 e. The SMILES string of the molecule is COc1ncc(-c2cc(OCCc3ccccc3)c(Br)nn2)c(OC)n1. The van der Waals surface area contributed by atoms with Gasteiger partial charge in [0.15, 0.2) is 10.4 Å². The molecule has 0 saturated heterocycles. The zero-order chi connectivity index (χ0) is 18.4. The van der Waals surface area contributed by atoms with Crippen LogP contribution in [0.3, 0.4) is 0 Å². The van der Waals surface area contributed by atoms with Crippen LogP contribution in [0.25, 0.3) is 11.3 Å². The van der Waals surface area contributed by atoms with Crippen molar-refractivity contribution in [2.75, 3.05) is 20.8 Å². The van der Waals surface area contributed by atoms with E-state index < -0.39 is 0 Å². The summed E-state index contributed by atoms with van der Waals surface area (Å²) in [5.41, 5.74) is 2.35. The fraction of sp³-hybridized carbons (Fsp3) is 0.222. The van der Waals surface area contributed by atoms with Gasteiger partial charge in [0.25, 0.3) is 0 Å². The van der Waals surface area contributed by atoms with Crippen LogP contribution >= 0.6 is 15.9 Å². The van der Waals surface area contributed by atoms with Gasteiger partial charge < -0.3 is 14.2 Å². The molecule has 0 aliphatic carbocycles. The van der Waals surface area contributed by atoms with Gasteiger partial charge in [0, 0.05) is 18.7 Å². The molecule has 0 saturated carbocycles. The normalized spacial score (nSPS) is 10.4. The van der Waals surface area contributed by atoms with Crippen LogP contribution in [0.2, 0.25) is 0 Å². The van der Waals surface area contributed by atoms with Gasteiger partial charge in [0.2, 0.25) is 5.88 Å². The van der Waals surface area contributed by atoms with E-state index in [0.717, 1.165) is 6.42 Å². The highest BCUT2D eigenvalue weighted by Gasteiger charge is 2.15. The molecule has 7 nitrogen and oxygen atoms in total. The van der Waals surface area contributed by atoms with Crippen molar-refractivity contribution in [1.29, 1.82) is 0 Å². The van der Waals surface area contributed by atoms with Gasteiger partial charge in [-0.25, -0.2) is 4.98 Å². The van der Waals surface area contributed by atoms with Gasteiger partial charge in [0.05, 0.1) is 26.4 Å². The van der Waals surface area contributed by atoms with Crippen molar-refractivity contribution in [2.24, 2.45) is 0 Å². The third kappa shape index (κ3) is 4.26. The van der Waals surface area contributed by atoms with Crippen molar-refractivity contribution >= 4 is 15.9 Å². The molecule has 0 unspecified atom stereocenters. The Morgan fingerprint density at radius 1 is 1.04 bits per heavy atom. The van der Waals surface area contributed by atoms with E-state index in [2.05, 4.69) is 48.2 Å². The minimum absolute atomic E-state index is 0.218. The second-order valence-electron chi connectivity index (χ2n) is 5.25. The van der Waals surface area contributed by atoms with Crippen LogP contribution in [0.15, 0.2) is 47.2 Å². The first-order valence-corrected chi connectivity index (χ1v) is 8.66. The molecule has 0 bridgehead atoms. The molecule has 26 heavy (non-hydrogen) atoms. The number of methoxy groups -OCH3 is 2. The molecule has 134 valence electrons. The van der Waals surface area contributed by atoms with Gasteiger partial charge in [-0.15, -0.1) is 10.2 Å². The Morgan fingerprint density at radius 3 is 2.58 bits per heavy atom. The molecule has 0 N–H and O–H groups in total. The van der Waals surface area contributed by atoms with Crippen molar-refractivity contribution < 1.29 is 14.2 Å². The third-order valence-electron chi connectivity index (χ3n) is 3.59. The maximum absolute atomic E-state index is 5.87. The Balaban J connectivity index is 1.79. The molecule has 1 aromatic carbocycles. The number of rotatable bonds is 7. The van der Waals surface area contributed by atoms with Gasteiger partial charge in [-0.2, -0.15) is 4.98 Å². The van der Waals surface area contributed by atoms with Crippen molar-refractivity contribution in [3.8, 4) is 28.9 Å². The fourth-order valence-corrected chi connectivity index (χ4v) is 2.60. The molecule has 0 atom stereocenters. The van der Waals surface area contributed by atoms with Gasteiger partial charge in [-0.3, -0.25) is 0 Å². The van der Waals surface area contributed by atoms with E-state index in [9.17, 15) is 0 Å². The minimum atomic E-state index is 0.218. The Kier molecular flexibility index (Phi) is 5.96.